The summed E-state index contributed by atoms with van der Waals surface area (Å²) in [6.07, 6.45) is 2.09. The fourth-order valence-corrected chi connectivity index (χ4v) is 2.77. The standard InChI is InChI=1S/C16H13Cl2N3O/c1-10-13(8-11-5-6-12(17)9-14(11)18)16(22)21(20-10)15-4-2-3-7-19-15/h2-7,9,20H,8H2,1H3. The van der Waals surface area contributed by atoms with Crippen molar-refractivity contribution in [2.24, 2.45) is 0 Å². The van der Waals surface area contributed by atoms with Crippen LogP contribution in [0.4, 0.5) is 0 Å². The van der Waals surface area contributed by atoms with Gasteiger partial charge in [-0.2, -0.15) is 0 Å². The molecule has 4 nitrogen and oxygen atoms in total. The van der Waals surface area contributed by atoms with E-state index in [-0.39, 0.29) is 5.56 Å². The van der Waals surface area contributed by atoms with Gasteiger partial charge in [0, 0.05) is 33.9 Å². The van der Waals surface area contributed by atoms with Gasteiger partial charge in [-0.3, -0.25) is 9.89 Å². The van der Waals surface area contributed by atoms with E-state index in [1.807, 2.05) is 19.1 Å². The fourth-order valence-electron chi connectivity index (χ4n) is 2.29. The first-order valence-electron chi connectivity index (χ1n) is 6.72. The maximum absolute atomic E-state index is 12.6. The van der Waals surface area contributed by atoms with Crippen LogP contribution in [0.2, 0.25) is 10.0 Å². The molecule has 0 bridgehead atoms. The second-order valence-corrected chi connectivity index (χ2v) is 5.80. The second kappa shape index (κ2) is 5.99. The zero-order chi connectivity index (χ0) is 15.7. The van der Waals surface area contributed by atoms with Crippen LogP contribution in [-0.2, 0) is 6.42 Å². The van der Waals surface area contributed by atoms with E-state index in [1.54, 1.807) is 30.5 Å². The number of nitrogens with one attached hydrogen (secondary N) is 1. The van der Waals surface area contributed by atoms with E-state index in [4.69, 9.17) is 23.2 Å². The van der Waals surface area contributed by atoms with Crippen LogP contribution in [0, 0.1) is 6.92 Å². The summed E-state index contributed by atoms with van der Waals surface area (Å²) in [7, 11) is 0. The van der Waals surface area contributed by atoms with E-state index in [0.29, 0.717) is 27.8 Å². The van der Waals surface area contributed by atoms with Crippen molar-refractivity contribution in [3.8, 4) is 5.82 Å². The van der Waals surface area contributed by atoms with E-state index >= 15 is 0 Å². The molecule has 3 rings (SSSR count). The molecule has 0 saturated heterocycles. The highest BCUT2D eigenvalue weighted by Crippen LogP contribution is 2.23. The molecule has 0 aliphatic rings. The van der Waals surface area contributed by atoms with Gasteiger partial charge in [-0.15, -0.1) is 0 Å². The Balaban J connectivity index is 2.02. The SMILES string of the molecule is Cc1[nH]n(-c2ccccn2)c(=O)c1Cc1ccc(Cl)cc1Cl. The summed E-state index contributed by atoms with van der Waals surface area (Å²) in [6, 6.07) is 10.7. The summed E-state index contributed by atoms with van der Waals surface area (Å²) in [4.78, 5) is 16.8. The minimum atomic E-state index is -0.123. The lowest BCUT2D eigenvalue weighted by atomic mass is 10.1. The molecule has 1 N–H and O–H groups in total. The zero-order valence-electron chi connectivity index (χ0n) is 11.8. The second-order valence-electron chi connectivity index (χ2n) is 4.96. The number of halogens is 2. The zero-order valence-corrected chi connectivity index (χ0v) is 13.3. The topological polar surface area (TPSA) is 50.7 Å². The Morgan fingerprint density at radius 2 is 2.05 bits per heavy atom. The molecule has 0 saturated carbocycles. The Morgan fingerprint density at radius 3 is 2.73 bits per heavy atom. The number of rotatable bonds is 3. The van der Waals surface area contributed by atoms with Crippen LogP contribution in [0.3, 0.4) is 0 Å². The summed E-state index contributed by atoms with van der Waals surface area (Å²) >= 11 is 12.1. The monoisotopic (exact) mass is 333 g/mol. The van der Waals surface area contributed by atoms with Crippen molar-refractivity contribution in [1.29, 1.82) is 0 Å². The molecule has 0 aliphatic heterocycles. The largest absolute Gasteiger partial charge is 0.294 e. The Kier molecular flexibility index (Phi) is 4.05. The number of aryl methyl sites for hydroxylation is 1. The van der Waals surface area contributed by atoms with Crippen LogP contribution in [0.15, 0.2) is 47.4 Å². The van der Waals surface area contributed by atoms with Crippen molar-refractivity contribution in [1.82, 2.24) is 14.8 Å². The Hall–Kier alpha value is -2.04. The molecule has 0 spiro atoms. The molecule has 0 radical (unpaired) electrons. The molecule has 2 heterocycles. The van der Waals surface area contributed by atoms with Crippen molar-refractivity contribution >= 4 is 23.2 Å². The summed E-state index contributed by atoms with van der Waals surface area (Å²) < 4.78 is 1.44. The van der Waals surface area contributed by atoms with Gasteiger partial charge in [-0.05, 0) is 36.8 Å². The van der Waals surface area contributed by atoms with Gasteiger partial charge in [0.05, 0.1) is 0 Å². The number of nitrogens with zero attached hydrogens (tertiary/aromatic N) is 2. The normalized spacial score (nSPS) is 10.9. The van der Waals surface area contributed by atoms with Gasteiger partial charge in [0.2, 0.25) is 0 Å². The Bertz CT molecular complexity index is 869. The minimum absolute atomic E-state index is 0.123. The highest BCUT2D eigenvalue weighted by Gasteiger charge is 2.14. The van der Waals surface area contributed by atoms with Crippen molar-refractivity contribution in [3.63, 3.8) is 0 Å². The van der Waals surface area contributed by atoms with Crippen molar-refractivity contribution in [2.45, 2.75) is 13.3 Å². The highest BCUT2D eigenvalue weighted by molar-refractivity contribution is 6.35. The molecular formula is C16H13Cl2N3O. The van der Waals surface area contributed by atoms with Gasteiger partial charge in [-0.1, -0.05) is 35.3 Å². The van der Waals surface area contributed by atoms with Crippen molar-refractivity contribution in [3.05, 3.63) is 79.8 Å². The van der Waals surface area contributed by atoms with Gasteiger partial charge >= 0.3 is 0 Å². The maximum atomic E-state index is 12.6. The van der Waals surface area contributed by atoms with Crippen LogP contribution in [0.5, 0.6) is 0 Å². The Morgan fingerprint density at radius 1 is 1.23 bits per heavy atom. The quantitative estimate of drug-likeness (QED) is 0.793. The third-order valence-electron chi connectivity index (χ3n) is 3.45. The smallest absolute Gasteiger partial charge is 0.276 e. The van der Waals surface area contributed by atoms with E-state index in [0.717, 1.165) is 11.3 Å². The lowest BCUT2D eigenvalue weighted by molar-refractivity contribution is 0.806. The third-order valence-corrected chi connectivity index (χ3v) is 4.04. The molecule has 112 valence electrons. The maximum Gasteiger partial charge on any atom is 0.276 e. The molecule has 6 heteroatoms. The molecule has 1 aromatic carbocycles. The van der Waals surface area contributed by atoms with E-state index in [1.165, 1.54) is 4.68 Å². The van der Waals surface area contributed by atoms with Gasteiger partial charge in [0.25, 0.3) is 5.56 Å². The summed E-state index contributed by atoms with van der Waals surface area (Å²) in [5, 5.41) is 4.18. The predicted octanol–water partition coefficient (Wildman–Crippen LogP) is 3.77. The number of hydrogen-bond acceptors (Lipinski definition) is 2. The average Bonchev–Trinajstić information content (AvgIpc) is 2.79. The third kappa shape index (κ3) is 2.80. The van der Waals surface area contributed by atoms with Crippen LogP contribution >= 0.6 is 23.2 Å². The number of H-pyrrole nitrogens is 1. The summed E-state index contributed by atoms with van der Waals surface area (Å²) in [6.45, 7) is 1.86. The number of hydrogen-bond donors (Lipinski definition) is 1. The molecule has 0 atom stereocenters. The van der Waals surface area contributed by atoms with E-state index in [9.17, 15) is 4.79 Å². The molecule has 0 unspecified atom stereocenters. The number of aromatic nitrogens is 3. The highest BCUT2D eigenvalue weighted by atomic mass is 35.5. The van der Waals surface area contributed by atoms with Crippen LogP contribution in [-0.4, -0.2) is 14.8 Å². The molecule has 0 fully saturated rings. The van der Waals surface area contributed by atoms with Gasteiger partial charge in [-0.25, -0.2) is 9.67 Å². The molecule has 2 aromatic heterocycles. The minimum Gasteiger partial charge on any atom is -0.294 e. The van der Waals surface area contributed by atoms with Crippen molar-refractivity contribution < 1.29 is 0 Å². The summed E-state index contributed by atoms with van der Waals surface area (Å²) in [5.41, 5.74) is 2.19. The van der Waals surface area contributed by atoms with Crippen LogP contribution in [0.1, 0.15) is 16.8 Å². The summed E-state index contributed by atoms with van der Waals surface area (Å²) in [5.74, 6) is 0.559. The molecule has 22 heavy (non-hydrogen) atoms. The molecule has 0 aliphatic carbocycles. The first-order valence-corrected chi connectivity index (χ1v) is 7.47. The van der Waals surface area contributed by atoms with Gasteiger partial charge < -0.3 is 0 Å². The van der Waals surface area contributed by atoms with E-state index < -0.39 is 0 Å². The average molecular weight is 334 g/mol. The first kappa shape index (κ1) is 14.9. The van der Waals surface area contributed by atoms with Crippen LogP contribution in [0.25, 0.3) is 5.82 Å². The van der Waals surface area contributed by atoms with E-state index in [2.05, 4.69) is 10.1 Å². The van der Waals surface area contributed by atoms with Gasteiger partial charge in [0.15, 0.2) is 5.82 Å². The first-order chi connectivity index (χ1) is 10.6. The number of pyridine rings is 1. The van der Waals surface area contributed by atoms with Crippen LogP contribution < -0.4 is 5.56 Å². The molecule has 3 aromatic rings. The fraction of sp³-hybridized carbons (Fsp3) is 0.125. The molecular weight excluding hydrogens is 321 g/mol. The van der Waals surface area contributed by atoms with Gasteiger partial charge in [0.1, 0.15) is 0 Å². The number of aromatic amines is 1. The van der Waals surface area contributed by atoms with Crippen molar-refractivity contribution in [2.75, 3.05) is 0 Å². The Labute approximate surface area is 137 Å². The lowest BCUT2D eigenvalue weighted by Crippen LogP contribution is -2.18. The lowest BCUT2D eigenvalue weighted by Gasteiger charge is -2.03. The predicted molar refractivity (Wildman–Crippen MR) is 88.2 cm³/mol. The number of benzene rings is 1. The molecule has 0 amide bonds.